The molecule has 0 fully saturated rings. The van der Waals surface area contributed by atoms with E-state index in [-0.39, 0.29) is 22.7 Å². The van der Waals surface area contributed by atoms with Gasteiger partial charge >= 0.3 is 0 Å². The van der Waals surface area contributed by atoms with Crippen molar-refractivity contribution < 1.29 is 9.18 Å². The van der Waals surface area contributed by atoms with Crippen LogP contribution in [0.5, 0.6) is 0 Å². The molecule has 0 bridgehead atoms. The zero-order chi connectivity index (χ0) is 24.5. The molecular formula is C25H19BrFN5OS2. The summed E-state index contributed by atoms with van der Waals surface area (Å²) in [4.78, 5) is 14.8. The molecule has 1 aliphatic carbocycles. The van der Waals surface area contributed by atoms with Gasteiger partial charge in [0.25, 0.3) is 0 Å². The zero-order valence-electron chi connectivity index (χ0n) is 18.4. The second-order valence-electron chi connectivity index (χ2n) is 8.11. The van der Waals surface area contributed by atoms with Crippen LogP contribution in [0.25, 0.3) is 0 Å². The summed E-state index contributed by atoms with van der Waals surface area (Å²) in [7, 11) is 0. The molecule has 0 spiro atoms. The van der Waals surface area contributed by atoms with Crippen molar-refractivity contribution in [2.45, 2.75) is 35.3 Å². The summed E-state index contributed by atoms with van der Waals surface area (Å²) in [6.45, 7) is 0. The molecule has 1 aliphatic heterocycles. The molecule has 2 aliphatic rings. The van der Waals surface area contributed by atoms with Crippen LogP contribution in [0, 0.1) is 17.1 Å². The number of carbonyl (C=O) groups is 1. The van der Waals surface area contributed by atoms with Crippen LogP contribution in [0.4, 0.5) is 9.52 Å². The highest BCUT2D eigenvalue weighted by Gasteiger charge is 2.42. The number of allylic oxidation sites excluding steroid dienone is 3. The number of hydrogen-bond donors (Lipinski definition) is 1. The monoisotopic (exact) mass is 567 g/mol. The summed E-state index contributed by atoms with van der Waals surface area (Å²) in [5.41, 5.74) is 9.18. The Kier molecular flexibility index (Phi) is 6.73. The average Bonchev–Trinajstić information content (AvgIpc) is 3.31. The summed E-state index contributed by atoms with van der Waals surface area (Å²) in [6.07, 6.45) is 1.56. The number of nitrogens with zero attached hydrogens (tertiary/aromatic N) is 4. The van der Waals surface area contributed by atoms with E-state index in [9.17, 15) is 10.1 Å². The lowest BCUT2D eigenvalue weighted by atomic mass is 9.75. The number of halogens is 2. The number of Topliss-reactive ketones (excluding diaryl/α,β-unsaturated/α-hetero) is 1. The topological polar surface area (TPSA) is 95.9 Å². The van der Waals surface area contributed by atoms with E-state index < -0.39 is 11.7 Å². The standard InChI is InChI=1S/C25H19BrFN5OS2/c26-15-9-10-16(18(27)11-15)21-17(12-28)23(29)32(19-7-4-8-20(33)22(19)21)24-30-31-25(35-24)34-13-14-5-2-1-3-6-14/h1-3,5-6,9-11,21H,4,7-8,13,29H2. The van der Waals surface area contributed by atoms with Gasteiger partial charge in [-0.2, -0.15) is 5.26 Å². The molecule has 5 rings (SSSR count). The van der Waals surface area contributed by atoms with Gasteiger partial charge in [0.2, 0.25) is 5.13 Å². The zero-order valence-corrected chi connectivity index (χ0v) is 21.6. The quantitative estimate of drug-likeness (QED) is 0.375. The van der Waals surface area contributed by atoms with Crippen molar-refractivity contribution in [1.82, 2.24) is 10.2 Å². The molecule has 1 aromatic heterocycles. The van der Waals surface area contributed by atoms with Gasteiger partial charge in [-0.1, -0.05) is 75.4 Å². The number of thioether (sulfide) groups is 1. The van der Waals surface area contributed by atoms with Crippen LogP contribution in [0.1, 0.15) is 36.3 Å². The normalized spacial score (nSPS) is 18.0. The summed E-state index contributed by atoms with van der Waals surface area (Å²) < 4.78 is 16.4. The van der Waals surface area contributed by atoms with E-state index in [1.54, 1.807) is 28.8 Å². The van der Waals surface area contributed by atoms with Crippen molar-refractivity contribution >= 4 is 49.9 Å². The highest BCUT2D eigenvalue weighted by atomic mass is 79.9. The van der Waals surface area contributed by atoms with E-state index in [0.29, 0.717) is 40.1 Å². The molecule has 0 radical (unpaired) electrons. The van der Waals surface area contributed by atoms with Crippen LogP contribution in [0.15, 0.2) is 80.0 Å². The number of hydrogen-bond acceptors (Lipinski definition) is 8. The summed E-state index contributed by atoms with van der Waals surface area (Å²) in [6, 6.07) is 16.8. The van der Waals surface area contributed by atoms with Crippen LogP contribution in [0.3, 0.4) is 0 Å². The predicted molar refractivity (Wildman–Crippen MR) is 138 cm³/mol. The first kappa shape index (κ1) is 23.7. The Labute approximate surface area is 218 Å². The van der Waals surface area contributed by atoms with Crippen LogP contribution >= 0.6 is 39.0 Å². The fourth-order valence-electron chi connectivity index (χ4n) is 4.42. The first-order chi connectivity index (χ1) is 17.0. The molecule has 1 unspecified atom stereocenters. The first-order valence-corrected chi connectivity index (χ1v) is 13.5. The van der Waals surface area contributed by atoms with E-state index in [1.165, 1.54) is 23.0 Å². The van der Waals surface area contributed by atoms with E-state index in [2.05, 4.69) is 32.2 Å². The smallest absolute Gasteiger partial charge is 0.219 e. The van der Waals surface area contributed by atoms with E-state index >= 15 is 4.39 Å². The van der Waals surface area contributed by atoms with Crippen molar-refractivity contribution in [3.05, 3.63) is 92.6 Å². The maximum Gasteiger partial charge on any atom is 0.219 e. The lowest BCUT2D eigenvalue weighted by Gasteiger charge is -2.38. The minimum Gasteiger partial charge on any atom is -0.384 e. The highest BCUT2D eigenvalue weighted by molar-refractivity contribution is 9.10. The molecule has 0 amide bonds. The maximum atomic E-state index is 15.0. The lowest BCUT2D eigenvalue weighted by molar-refractivity contribution is -0.116. The molecule has 0 saturated heterocycles. The molecule has 10 heteroatoms. The van der Waals surface area contributed by atoms with Crippen LogP contribution in [0.2, 0.25) is 0 Å². The first-order valence-electron chi connectivity index (χ1n) is 10.9. The van der Waals surface area contributed by atoms with Gasteiger partial charge in [-0.3, -0.25) is 9.69 Å². The fraction of sp³-hybridized carbons (Fsp3) is 0.200. The molecule has 1 atom stereocenters. The maximum absolute atomic E-state index is 15.0. The summed E-state index contributed by atoms with van der Waals surface area (Å²) >= 11 is 6.18. The third-order valence-electron chi connectivity index (χ3n) is 5.98. The molecule has 35 heavy (non-hydrogen) atoms. The Balaban J connectivity index is 1.56. The minimum absolute atomic E-state index is 0.105. The van der Waals surface area contributed by atoms with E-state index in [1.807, 2.05) is 30.3 Å². The molecule has 0 saturated carbocycles. The molecule has 176 valence electrons. The number of ketones is 1. The Morgan fingerprint density at radius 1 is 1.23 bits per heavy atom. The van der Waals surface area contributed by atoms with E-state index in [4.69, 9.17) is 5.73 Å². The molecule has 2 N–H and O–H groups in total. The van der Waals surface area contributed by atoms with Crippen LogP contribution < -0.4 is 10.6 Å². The van der Waals surface area contributed by atoms with Crippen molar-refractivity contribution in [3.63, 3.8) is 0 Å². The highest BCUT2D eigenvalue weighted by Crippen LogP contribution is 2.47. The van der Waals surface area contributed by atoms with Crippen molar-refractivity contribution in [1.29, 1.82) is 5.26 Å². The number of carbonyl (C=O) groups excluding carboxylic acids is 1. The predicted octanol–water partition coefficient (Wildman–Crippen LogP) is 6.04. The minimum atomic E-state index is -0.855. The van der Waals surface area contributed by atoms with Crippen molar-refractivity contribution in [2.24, 2.45) is 5.73 Å². The number of rotatable bonds is 5. The number of aromatic nitrogens is 2. The lowest BCUT2D eigenvalue weighted by Crippen LogP contribution is -2.38. The van der Waals surface area contributed by atoms with Gasteiger partial charge in [0.1, 0.15) is 11.6 Å². The number of benzene rings is 2. The Morgan fingerprint density at radius 2 is 2.03 bits per heavy atom. The van der Waals surface area contributed by atoms with Gasteiger partial charge in [-0.25, -0.2) is 4.39 Å². The molecule has 6 nitrogen and oxygen atoms in total. The van der Waals surface area contributed by atoms with Gasteiger partial charge in [-0.15, -0.1) is 10.2 Å². The van der Waals surface area contributed by atoms with Crippen LogP contribution in [-0.2, 0) is 10.5 Å². The Morgan fingerprint density at radius 3 is 2.77 bits per heavy atom. The SMILES string of the molecule is N#CC1=C(N)N(c2nnc(SCc3ccccc3)s2)C2=C(C(=O)CCC2)C1c1ccc(Br)cc1F. The Hall–Kier alpha value is -3.00. The molecule has 3 aromatic rings. The van der Waals surface area contributed by atoms with Gasteiger partial charge in [0.05, 0.1) is 17.6 Å². The summed E-state index contributed by atoms with van der Waals surface area (Å²) in [5.74, 6) is -0.566. The summed E-state index contributed by atoms with van der Waals surface area (Å²) in [5, 5.41) is 19.2. The second-order valence-corrected chi connectivity index (χ2v) is 11.2. The van der Waals surface area contributed by atoms with Crippen molar-refractivity contribution in [3.8, 4) is 6.07 Å². The number of nitriles is 1. The average molecular weight is 568 g/mol. The molecule has 2 aromatic carbocycles. The van der Waals surface area contributed by atoms with E-state index in [0.717, 1.165) is 10.1 Å². The third-order valence-corrected chi connectivity index (χ3v) is 8.59. The number of anilines is 1. The van der Waals surface area contributed by atoms with Crippen molar-refractivity contribution in [2.75, 3.05) is 4.90 Å². The van der Waals surface area contributed by atoms with Gasteiger partial charge in [0.15, 0.2) is 10.1 Å². The fourth-order valence-corrected chi connectivity index (χ4v) is 6.59. The number of nitrogens with two attached hydrogens (primary N) is 1. The largest absolute Gasteiger partial charge is 0.384 e. The second kappa shape index (κ2) is 9.93. The van der Waals surface area contributed by atoms with Gasteiger partial charge < -0.3 is 5.73 Å². The molecular weight excluding hydrogens is 549 g/mol. The Bertz CT molecular complexity index is 1410. The molecule has 2 heterocycles. The third kappa shape index (κ3) is 4.51. The van der Waals surface area contributed by atoms with Gasteiger partial charge in [-0.05, 0) is 30.5 Å². The van der Waals surface area contributed by atoms with Gasteiger partial charge in [0, 0.05) is 33.5 Å². The van der Waals surface area contributed by atoms with Crippen LogP contribution in [-0.4, -0.2) is 16.0 Å².